The molecular weight excluding hydrogens is 655 g/mol. The van der Waals surface area contributed by atoms with Crippen LogP contribution < -0.4 is 30.2 Å². The quantitative estimate of drug-likeness (QED) is 0.165. The Balaban J connectivity index is 1.27. The summed E-state index contributed by atoms with van der Waals surface area (Å²) in [6.45, 7) is 0. The van der Waals surface area contributed by atoms with Gasteiger partial charge in [0.25, 0.3) is 0 Å². The van der Waals surface area contributed by atoms with Crippen molar-refractivity contribution in [1.29, 1.82) is 0 Å². The topological polar surface area (TPSA) is 49.2 Å². The number of fused-ring (bicyclic) bond motifs is 6. The first-order chi connectivity index (χ1) is 25.8. The monoisotopic (exact) mass is 685 g/mol. The summed E-state index contributed by atoms with van der Waals surface area (Å²) in [5, 5.41) is 7.35. The maximum absolute atomic E-state index is 6.88. The molecule has 6 aromatic carbocycles. The van der Waals surface area contributed by atoms with Crippen LogP contribution in [-0.4, -0.2) is 22.6 Å². The summed E-state index contributed by atoms with van der Waals surface area (Å²) in [5.41, 5.74) is 3.96. The Morgan fingerprint density at radius 1 is 0.519 bits per heavy atom. The summed E-state index contributed by atoms with van der Waals surface area (Å²) in [6, 6.07) is 61.4. The predicted molar refractivity (Wildman–Crippen MR) is 212 cm³/mol. The van der Waals surface area contributed by atoms with Gasteiger partial charge < -0.3 is 9.47 Å². The molecule has 246 valence electrons. The number of rotatable bonds is 6. The molecule has 0 aliphatic carbocycles. The minimum absolute atomic E-state index is 0.732. The van der Waals surface area contributed by atoms with Crippen molar-refractivity contribution in [2.24, 2.45) is 0 Å². The Labute approximate surface area is 302 Å². The molecule has 5 nitrogen and oxygen atoms in total. The summed E-state index contributed by atoms with van der Waals surface area (Å²) in [7, 11) is -2.95. The highest BCUT2D eigenvalue weighted by Gasteiger charge is 2.49. The molecule has 0 unspecified atom stereocenters. The molecule has 3 aromatic heterocycles. The number of para-hydroxylation sites is 1. The number of ether oxygens (including phenoxy) is 2. The van der Waals surface area contributed by atoms with Crippen LogP contribution in [0.4, 0.5) is 0 Å². The highest BCUT2D eigenvalue weighted by Crippen LogP contribution is 2.40. The Morgan fingerprint density at radius 3 is 1.98 bits per heavy atom. The molecule has 4 heterocycles. The fraction of sp³-hybridized carbons (Fsp3) is 0. The van der Waals surface area contributed by atoms with Crippen molar-refractivity contribution in [2.45, 2.75) is 0 Å². The van der Waals surface area contributed by atoms with Gasteiger partial charge in [-0.1, -0.05) is 103 Å². The van der Waals surface area contributed by atoms with Crippen molar-refractivity contribution in [3.63, 3.8) is 0 Å². The average Bonchev–Trinajstić information content (AvgIpc) is 3.55. The molecule has 52 heavy (non-hydrogen) atoms. The SMILES string of the molecule is c1ccc([Si]2(c3ccccc3)c3ccccc3Oc3ccc4c(c32)c2ccc(Oc3cccc(-c5ccccn5)c3)cc2n4-c2ccccn2)cc1. The summed E-state index contributed by atoms with van der Waals surface area (Å²) in [6.07, 6.45) is 3.66. The lowest BCUT2D eigenvalue weighted by Gasteiger charge is -2.40. The molecule has 6 heteroatoms. The molecule has 1 aliphatic rings. The van der Waals surface area contributed by atoms with Gasteiger partial charge in [-0.3, -0.25) is 9.55 Å². The van der Waals surface area contributed by atoms with Gasteiger partial charge in [0.15, 0.2) is 8.07 Å². The van der Waals surface area contributed by atoms with Crippen LogP contribution in [0.15, 0.2) is 188 Å². The molecule has 0 saturated carbocycles. The smallest absolute Gasteiger partial charge is 0.189 e. The second-order valence-electron chi connectivity index (χ2n) is 13.0. The molecule has 0 bridgehead atoms. The zero-order valence-corrected chi connectivity index (χ0v) is 29.1. The Kier molecular flexibility index (Phi) is 7.08. The van der Waals surface area contributed by atoms with Crippen LogP contribution >= 0.6 is 0 Å². The highest BCUT2D eigenvalue weighted by atomic mass is 28.3. The Hall–Kier alpha value is -6.76. The van der Waals surface area contributed by atoms with E-state index in [0.717, 1.165) is 61.9 Å². The van der Waals surface area contributed by atoms with E-state index in [9.17, 15) is 0 Å². The van der Waals surface area contributed by atoms with Gasteiger partial charge in [-0.15, -0.1) is 0 Å². The van der Waals surface area contributed by atoms with Gasteiger partial charge in [-0.25, -0.2) is 4.98 Å². The number of hydrogen-bond donors (Lipinski definition) is 0. The number of aromatic nitrogens is 3. The lowest BCUT2D eigenvalue weighted by Crippen LogP contribution is -2.76. The first-order valence-corrected chi connectivity index (χ1v) is 19.4. The normalized spacial score (nSPS) is 12.9. The number of hydrogen-bond acceptors (Lipinski definition) is 4. The van der Waals surface area contributed by atoms with Crippen LogP contribution in [0.1, 0.15) is 0 Å². The fourth-order valence-electron chi connectivity index (χ4n) is 7.97. The lowest BCUT2D eigenvalue weighted by atomic mass is 10.1. The first-order valence-electron chi connectivity index (χ1n) is 17.4. The van der Waals surface area contributed by atoms with E-state index in [2.05, 4.69) is 137 Å². The van der Waals surface area contributed by atoms with E-state index in [-0.39, 0.29) is 0 Å². The molecule has 0 N–H and O–H groups in total. The highest BCUT2D eigenvalue weighted by molar-refractivity contribution is 7.21. The average molecular weight is 686 g/mol. The number of benzene rings is 6. The second kappa shape index (κ2) is 12.2. The Bertz CT molecular complexity index is 2690. The van der Waals surface area contributed by atoms with Gasteiger partial charge >= 0.3 is 0 Å². The predicted octanol–water partition coefficient (Wildman–Crippen LogP) is 8.52. The fourth-order valence-corrected chi connectivity index (χ4v) is 13.2. The van der Waals surface area contributed by atoms with Crippen LogP contribution in [0.3, 0.4) is 0 Å². The molecule has 1 aliphatic heterocycles. The second-order valence-corrected chi connectivity index (χ2v) is 16.7. The minimum Gasteiger partial charge on any atom is -0.458 e. The van der Waals surface area contributed by atoms with Gasteiger partial charge in [-0.05, 0) is 82.3 Å². The summed E-state index contributed by atoms with van der Waals surface area (Å²) in [4.78, 5) is 9.42. The minimum atomic E-state index is -2.95. The first kappa shape index (κ1) is 30.1. The van der Waals surface area contributed by atoms with Crippen LogP contribution in [0.25, 0.3) is 38.9 Å². The number of pyridine rings is 2. The van der Waals surface area contributed by atoms with E-state index in [1.807, 2.05) is 60.9 Å². The van der Waals surface area contributed by atoms with Crippen molar-refractivity contribution in [1.82, 2.24) is 14.5 Å². The number of nitrogens with zero attached hydrogens (tertiary/aromatic N) is 3. The van der Waals surface area contributed by atoms with Gasteiger partial charge in [0, 0.05) is 40.0 Å². The third-order valence-electron chi connectivity index (χ3n) is 10.1. The van der Waals surface area contributed by atoms with Gasteiger partial charge in [0.2, 0.25) is 0 Å². The van der Waals surface area contributed by atoms with Crippen molar-refractivity contribution in [3.05, 3.63) is 188 Å². The zero-order valence-electron chi connectivity index (χ0n) is 28.1. The van der Waals surface area contributed by atoms with Crippen LogP contribution in [0.2, 0.25) is 0 Å². The van der Waals surface area contributed by atoms with Crippen molar-refractivity contribution < 1.29 is 9.47 Å². The maximum Gasteiger partial charge on any atom is 0.189 e. The van der Waals surface area contributed by atoms with E-state index < -0.39 is 8.07 Å². The molecular formula is C46H31N3O2Si. The van der Waals surface area contributed by atoms with Crippen molar-refractivity contribution in [2.75, 3.05) is 0 Å². The third-order valence-corrected chi connectivity index (χ3v) is 14.9. The van der Waals surface area contributed by atoms with E-state index in [1.165, 1.54) is 20.7 Å². The summed E-state index contributed by atoms with van der Waals surface area (Å²) in [5.74, 6) is 4.10. The molecule has 0 amide bonds. The molecule has 0 fully saturated rings. The summed E-state index contributed by atoms with van der Waals surface area (Å²) >= 11 is 0. The van der Waals surface area contributed by atoms with Crippen molar-refractivity contribution >= 4 is 50.6 Å². The Morgan fingerprint density at radius 2 is 1.23 bits per heavy atom. The maximum atomic E-state index is 6.88. The van der Waals surface area contributed by atoms with Gasteiger partial charge in [0.1, 0.15) is 28.8 Å². The van der Waals surface area contributed by atoms with E-state index in [0.29, 0.717) is 0 Å². The van der Waals surface area contributed by atoms with Crippen LogP contribution in [0.5, 0.6) is 23.0 Å². The summed E-state index contributed by atoms with van der Waals surface area (Å²) < 4.78 is 15.7. The van der Waals surface area contributed by atoms with Gasteiger partial charge in [-0.2, -0.15) is 0 Å². The lowest BCUT2D eigenvalue weighted by molar-refractivity contribution is 0.483. The van der Waals surface area contributed by atoms with Crippen LogP contribution in [-0.2, 0) is 0 Å². The van der Waals surface area contributed by atoms with E-state index in [1.54, 1.807) is 0 Å². The van der Waals surface area contributed by atoms with Gasteiger partial charge in [0.05, 0.1) is 16.7 Å². The zero-order chi connectivity index (χ0) is 34.5. The third kappa shape index (κ3) is 4.69. The van der Waals surface area contributed by atoms with E-state index >= 15 is 0 Å². The molecule has 0 spiro atoms. The molecule has 0 saturated heterocycles. The standard InChI is InChI=1S/C46H31N3O2Si/c1-3-16-35(17-4-1)52(36-18-5-2-6-19-36)43-22-8-7-21-41(43)51-42-27-26-39-45(46(42)52)37-25-24-34(31-40(37)49(39)44-23-10-12-29-48-44)50-33-15-13-14-32(30-33)38-20-9-11-28-47-38/h1-31H. The van der Waals surface area contributed by atoms with Crippen molar-refractivity contribution in [3.8, 4) is 40.1 Å². The molecule has 0 atom stereocenters. The molecule has 0 radical (unpaired) electrons. The van der Waals surface area contributed by atoms with Crippen LogP contribution in [0, 0.1) is 0 Å². The van der Waals surface area contributed by atoms with E-state index in [4.69, 9.17) is 14.5 Å². The molecule has 10 rings (SSSR count). The molecule has 9 aromatic rings. The largest absolute Gasteiger partial charge is 0.458 e.